The van der Waals surface area contributed by atoms with E-state index in [9.17, 15) is 4.79 Å². The van der Waals surface area contributed by atoms with Crippen LogP contribution in [0.5, 0.6) is 0 Å². The number of carbonyl (C=O) groups excluding carboxylic acids is 1. The van der Waals surface area contributed by atoms with Crippen LogP contribution in [0.15, 0.2) is 0 Å². The Morgan fingerprint density at radius 3 is 2.44 bits per heavy atom. The lowest BCUT2D eigenvalue weighted by atomic mass is 10.3. The maximum atomic E-state index is 10.8. The highest BCUT2D eigenvalue weighted by Gasteiger charge is 2.50. The van der Waals surface area contributed by atoms with Gasteiger partial charge in [-0.05, 0) is 24.6 Å². The molecule has 1 fully saturated rings. The molecular formula is C5H8ClNO2. The Balaban J connectivity index is 2.49. The fourth-order valence-electron chi connectivity index (χ4n) is 0.658. The van der Waals surface area contributed by atoms with Crippen LogP contribution in [0.2, 0.25) is 0 Å². The lowest BCUT2D eigenvalue weighted by molar-refractivity contribution is -0.143. The summed E-state index contributed by atoms with van der Waals surface area (Å²) in [5, 5.41) is 0. The van der Waals surface area contributed by atoms with Crippen molar-refractivity contribution in [1.29, 1.82) is 0 Å². The summed E-state index contributed by atoms with van der Waals surface area (Å²) in [5.41, 5.74) is -0.545. The first-order valence-corrected chi connectivity index (χ1v) is 3.09. The minimum Gasteiger partial charge on any atom is -0.468 e. The third kappa shape index (κ3) is 1.02. The molecule has 0 radical (unpaired) electrons. The van der Waals surface area contributed by atoms with E-state index in [4.69, 9.17) is 11.8 Å². The molecule has 0 aliphatic heterocycles. The van der Waals surface area contributed by atoms with Crippen molar-refractivity contribution >= 4 is 17.7 Å². The van der Waals surface area contributed by atoms with E-state index in [1.54, 1.807) is 0 Å². The first kappa shape index (κ1) is 6.83. The molecule has 0 spiro atoms. The van der Waals surface area contributed by atoms with Gasteiger partial charge in [-0.3, -0.25) is 4.79 Å². The molecule has 0 unspecified atom stereocenters. The number of ether oxygens (including phenoxy) is 1. The second kappa shape index (κ2) is 2.15. The topological polar surface area (TPSA) is 38.3 Å². The van der Waals surface area contributed by atoms with Crippen LogP contribution in [0.25, 0.3) is 0 Å². The lowest BCUT2D eigenvalue weighted by Crippen LogP contribution is -2.34. The Morgan fingerprint density at radius 1 is 1.78 bits per heavy atom. The van der Waals surface area contributed by atoms with Gasteiger partial charge in [0.15, 0.2) is 0 Å². The molecule has 0 amide bonds. The zero-order valence-electron chi connectivity index (χ0n) is 5.11. The largest absolute Gasteiger partial charge is 0.468 e. The lowest BCUT2D eigenvalue weighted by Gasteiger charge is -2.07. The number of hydrogen-bond donors (Lipinski definition) is 1. The van der Waals surface area contributed by atoms with Gasteiger partial charge in [-0.15, -0.1) is 0 Å². The average Bonchev–Trinajstić information content (AvgIpc) is 2.66. The van der Waals surface area contributed by atoms with Crippen LogP contribution >= 0.6 is 11.8 Å². The molecule has 0 aromatic rings. The predicted molar refractivity (Wildman–Crippen MR) is 33.0 cm³/mol. The van der Waals surface area contributed by atoms with E-state index >= 15 is 0 Å². The molecule has 1 rings (SSSR count). The molecule has 1 saturated carbocycles. The van der Waals surface area contributed by atoms with Crippen LogP contribution in [0.1, 0.15) is 12.8 Å². The van der Waals surface area contributed by atoms with Crippen molar-refractivity contribution in [2.75, 3.05) is 7.11 Å². The first-order chi connectivity index (χ1) is 4.25. The molecule has 9 heavy (non-hydrogen) atoms. The fourth-order valence-corrected chi connectivity index (χ4v) is 0.924. The van der Waals surface area contributed by atoms with E-state index in [0.717, 1.165) is 12.8 Å². The molecule has 52 valence electrons. The van der Waals surface area contributed by atoms with Gasteiger partial charge in [0.25, 0.3) is 0 Å². The quantitative estimate of drug-likeness (QED) is 0.457. The van der Waals surface area contributed by atoms with Crippen molar-refractivity contribution in [3.05, 3.63) is 0 Å². The van der Waals surface area contributed by atoms with E-state index < -0.39 is 5.54 Å². The molecule has 0 aromatic heterocycles. The van der Waals surface area contributed by atoms with Crippen LogP contribution in [-0.4, -0.2) is 18.6 Å². The van der Waals surface area contributed by atoms with Gasteiger partial charge in [0.1, 0.15) is 5.54 Å². The summed E-state index contributed by atoms with van der Waals surface area (Å²) in [4.78, 5) is 13.2. The Kier molecular flexibility index (Phi) is 1.64. The van der Waals surface area contributed by atoms with Crippen molar-refractivity contribution < 1.29 is 9.53 Å². The van der Waals surface area contributed by atoms with E-state index in [-0.39, 0.29) is 5.97 Å². The van der Waals surface area contributed by atoms with Gasteiger partial charge in [-0.1, -0.05) is 0 Å². The van der Waals surface area contributed by atoms with Crippen LogP contribution in [0.3, 0.4) is 0 Å². The highest BCUT2D eigenvalue weighted by Crippen LogP contribution is 2.36. The summed E-state index contributed by atoms with van der Waals surface area (Å²) < 4.78 is 4.48. The van der Waals surface area contributed by atoms with Crippen molar-refractivity contribution in [2.24, 2.45) is 0 Å². The van der Waals surface area contributed by atoms with Gasteiger partial charge >= 0.3 is 5.97 Å². The van der Waals surface area contributed by atoms with E-state index in [1.165, 1.54) is 7.11 Å². The van der Waals surface area contributed by atoms with Crippen LogP contribution in [0, 0.1) is 0 Å². The Morgan fingerprint density at radius 2 is 2.33 bits per heavy atom. The van der Waals surface area contributed by atoms with E-state index in [2.05, 4.69) is 9.57 Å². The van der Waals surface area contributed by atoms with Gasteiger partial charge in [0.05, 0.1) is 7.11 Å². The molecule has 1 aliphatic rings. The molecular weight excluding hydrogens is 142 g/mol. The summed E-state index contributed by atoms with van der Waals surface area (Å²) in [6.45, 7) is 0. The molecule has 1 aliphatic carbocycles. The summed E-state index contributed by atoms with van der Waals surface area (Å²) in [5.74, 6) is -0.266. The van der Waals surface area contributed by atoms with Crippen molar-refractivity contribution in [3.63, 3.8) is 0 Å². The normalized spacial score (nSPS) is 21.1. The monoisotopic (exact) mass is 149 g/mol. The molecule has 0 aromatic carbocycles. The average molecular weight is 150 g/mol. The Hall–Kier alpha value is -0.280. The van der Waals surface area contributed by atoms with Crippen LogP contribution in [0.4, 0.5) is 0 Å². The summed E-state index contributed by atoms with van der Waals surface area (Å²) in [7, 11) is 1.36. The smallest absolute Gasteiger partial charge is 0.327 e. The SMILES string of the molecule is COC(=O)C1(NCl)CC1. The molecule has 0 atom stereocenters. The second-order valence-corrected chi connectivity index (χ2v) is 2.36. The molecule has 1 N–H and O–H groups in total. The van der Waals surface area contributed by atoms with E-state index in [0.29, 0.717) is 0 Å². The number of hydrogen-bond acceptors (Lipinski definition) is 3. The maximum Gasteiger partial charge on any atom is 0.327 e. The van der Waals surface area contributed by atoms with Gasteiger partial charge in [-0.25, -0.2) is 4.84 Å². The zero-order valence-corrected chi connectivity index (χ0v) is 5.86. The van der Waals surface area contributed by atoms with Crippen molar-refractivity contribution in [1.82, 2.24) is 4.84 Å². The third-order valence-electron chi connectivity index (χ3n) is 1.51. The van der Waals surface area contributed by atoms with Gasteiger partial charge < -0.3 is 4.74 Å². The summed E-state index contributed by atoms with van der Waals surface area (Å²) in [6, 6.07) is 0. The van der Waals surface area contributed by atoms with Crippen molar-refractivity contribution in [2.45, 2.75) is 18.4 Å². The fraction of sp³-hybridized carbons (Fsp3) is 0.800. The zero-order chi connectivity index (χ0) is 6.91. The third-order valence-corrected chi connectivity index (χ3v) is 1.87. The molecule has 3 nitrogen and oxygen atoms in total. The van der Waals surface area contributed by atoms with Crippen molar-refractivity contribution in [3.8, 4) is 0 Å². The minimum absolute atomic E-state index is 0.266. The van der Waals surface area contributed by atoms with Gasteiger partial charge in [0, 0.05) is 0 Å². The highest BCUT2D eigenvalue weighted by atomic mass is 35.5. The highest BCUT2D eigenvalue weighted by molar-refractivity contribution is 6.16. The Bertz CT molecular complexity index is 133. The number of rotatable bonds is 2. The second-order valence-electron chi connectivity index (χ2n) is 2.17. The standard InChI is InChI=1S/C5H8ClNO2/c1-9-4(8)5(7-6)2-3-5/h7H,2-3H2,1H3. The number of methoxy groups -OCH3 is 1. The summed E-state index contributed by atoms with van der Waals surface area (Å²) in [6.07, 6.45) is 1.56. The molecule has 0 heterocycles. The molecule has 4 heteroatoms. The van der Waals surface area contributed by atoms with Crippen LogP contribution in [-0.2, 0) is 9.53 Å². The molecule has 0 bridgehead atoms. The molecule has 0 saturated heterocycles. The van der Waals surface area contributed by atoms with Gasteiger partial charge in [0.2, 0.25) is 0 Å². The number of carbonyl (C=O) groups is 1. The Labute approximate surface area is 58.4 Å². The summed E-state index contributed by atoms with van der Waals surface area (Å²) >= 11 is 5.28. The predicted octanol–water partition coefficient (Wildman–Crippen LogP) is 0.435. The van der Waals surface area contributed by atoms with Gasteiger partial charge in [-0.2, -0.15) is 0 Å². The first-order valence-electron chi connectivity index (χ1n) is 2.71. The van der Waals surface area contributed by atoms with Crippen LogP contribution < -0.4 is 4.84 Å². The van der Waals surface area contributed by atoms with E-state index in [1.807, 2.05) is 0 Å². The number of halogens is 1. The maximum absolute atomic E-state index is 10.8. The minimum atomic E-state index is -0.545. The number of nitrogens with one attached hydrogen (secondary N) is 1. The number of esters is 1.